The van der Waals surface area contributed by atoms with E-state index in [-0.39, 0.29) is 0 Å². The highest BCUT2D eigenvalue weighted by atomic mass is 16.4. The van der Waals surface area contributed by atoms with E-state index < -0.39 is 5.97 Å². The van der Waals surface area contributed by atoms with Crippen LogP contribution in [0.2, 0.25) is 0 Å². The molecule has 2 rings (SSSR count). The van der Waals surface area contributed by atoms with Gasteiger partial charge in [-0.1, -0.05) is 32.9 Å². The number of nitrogens with zero attached hydrogens (tertiary/aromatic N) is 1. The van der Waals surface area contributed by atoms with Gasteiger partial charge in [0.2, 0.25) is 0 Å². The van der Waals surface area contributed by atoms with Gasteiger partial charge in [0, 0.05) is 6.54 Å². The van der Waals surface area contributed by atoms with Gasteiger partial charge in [-0.05, 0) is 61.4 Å². The van der Waals surface area contributed by atoms with Crippen LogP contribution in [0, 0.1) is 11.3 Å². The summed E-state index contributed by atoms with van der Waals surface area (Å²) in [5, 5.41) is 9.05. The third-order valence-electron chi connectivity index (χ3n) is 4.54. The standard InChI is InChI=1S/C18H27NO2/c1-14(2)12-18(3)7-9-19(10-8-18)13-15-5-4-6-16(11-15)17(20)21/h4-6,11,14H,7-10,12-13H2,1-3H3,(H,20,21). The second-order valence-electron chi connectivity index (χ2n) is 7.19. The van der Waals surface area contributed by atoms with Crippen LogP contribution in [0.3, 0.4) is 0 Å². The molecule has 116 valence electrons. The van der Waals surface area contributed by atoms with Gasteiger partial charge in [0.05, 0.1) is 5.56 Å². The number of carbonyl (C=O) groups is 1. The molecule has 1 N–H and O–H groups in total. The van der Waals surface area contributed by atoms with Gasteiger partial charge in [-0.3, -0.25) is 4.90 Å². The second-order valence-corrected chi connectivity index (χ2v) is 7.19. The van der Waals surface area contributed by atoms with Crippen molar-refractivity contribution >= 4 is 5.97 Å². The number of carboxylic acids is 1. The van der Waals surface area contributed by atoms with Gasteiger partial charge in [0.15, 0.2) is 0 Å². The molecule has 3 nitrogen and oxygen atoms in total. The average Bonchev–Trinajstić information content (AvgIpc) is 2.41. The number of carboxylic acid groups (broad SMARTS) is 1. The summed E-state index contributed by atoms with van der Waals surface area (Å²) in [6.07, 6.45) is 3.78. The molecule has 1 saturated heterocycles. The van der Waals surface area contributed by atoms with E-state index in [4.69, 9.17) is 5.11 Å². The summed E-state index contributed by atoms with van der Waals surface area (Å²) < 4.78 is 0. The van der Waals surface area contributed by atoms with Crippen molar-refractivity contribution < 1.29 is 9.90 Å². The van der Waals surface area contributed by atoms with Crippen molar-refractivity contribution in [3.63, 3.8) is 0 Å². The molecule has 0 unspecified atom stereocenters. The van der Waals surface area contributed by atoms with Gasteiger partial charge in [-0.15, -0.1) is 0 Å². The topological polar surface area (TPSA) is 40.5 Å². The highest BCUT2D eigenvalue weighted by molar-refractivity contribution is 5.87. The summed E-state index contributed by atoms with van der Waals surface area (Å²) >= 11 is 0. The zero-order valence-corrected chi connectivity index (χ0v) is 13.4. The Bertz CT molecular complexity index is 488. The van der Waals surface area contributed by atoms with Gasteiger partial charge in [-0.25, -0.2) is 4.79 Å². The number of aromatic carboxylic acids is 1. The van der Waals surface area contributed by atoms with Crippen LogP contribution in [-0.2, 0) is 6.54 Å². The molecule has 21 heavy (non-hydrogen) atoms. The fourth-order valence-electron chi connectivity index (χ4n) is 3.50. The zero-order chi connectivity index (χ0) is 15.5. The summed E-state index contributed by atoms with van der Waals surface area (Å²) in [6.45, 7) is 10.1. The van der Waals surface area contributed by atoms with Gasteiger partial charge >= 0.3 is 5.97 Å². The highest BCUT2D eigenvalue weighted by Gasteiger charge is 2.30. The molecule has 0 radical (unpaired) electrons. The molecule has 1 fully saturated rings. The number of hydrogen-bond acceptors (Lipinski definition) is 2. The number of rotatable bonds is 5. The normalized spacial score (nSPS) is 18.9. The summed E-state index contributed by atoms with van der Waals surface area (Å²) in [7, 11) is 0. The number of hydrogen-bond donors (Lipinski definition) is 1. The number of piperidine rings is 1. The van der Waals surface area contributed by atoms with E-state index in [0.717, 1.165) is 31.1 Å². The van der Waals surface area contributed by atoms with Crippen LogP contribution < -0.4 is 0 Å². The lowest BCUT2D eigenvalue weighted by Gasteiger charge is -2.40. The molecule has 1 aromatic rings. The molecule has 0 saturated carbocycles. The van der Waals surface area contributed by atoms with Crippen LogP contribution >= 0.6 is 0 Å². The molecule has 0 aliphatic carbocycles. The van der Waals surface area contributed by atoms with Crippen LogP contribution in [0.15, 0.2) is 24.3 Å². The molecule has 0 bridgehead atoms. The van der Waals surface area contributed by atoms with Crippen molar-refractivity contribution in [1.29, 1.82) is 0 Å². The molecule has 3 heteroatoms. The third kappa shape index (κ3) is 4.57. The van der Waals surface area contributed by atoms with E-state index in [9.17, 15) is 4.79 Å². The van der Waals surface area contributed by atoms with E-state index in [1.165, 1.54) is 19.3 Å². The van der Waals surface area contributed by atoms with Crippen LogP contribution in [-0.4, -0.2) is 29.1 Å². The van der Waals surface area contributed by atoms with Gasteiger partial charge in [0.1, 0.15) is 0 Å². The maximum Gasteiger partial charge on any atom is 0.335 e. The number of likely N-dealkylation sites (tertiary alicyclic amines) is 1. The third-order valence-corrected chi connectivity index (χ3v) is 4.54. The molecule has 1 aromatic carbocycles. The fraction of sp³-hybridized carbons (Fsp3) is 0.611. The monoisotopic (exact) mass is 289 g/mol. The largest absolute Gasteiger partial charge is 0.478 e. The van der Waals surface area contributed by atoms with E-state index in [1.807, 2.05) is 12.1 Å². The Morgan fingerprint density at radius 2 is 2.00 bits per heavy atom. The molecule has 1 aliphatic heterocycles. The highest BCUT2D eigenvalue weighted by Crippen LogP contribution is 2.37. The first-order valence-electron chi connectivity index (χ1n) is 7.92. The van der Waals surface area contributed by atoms with Gasteiger partial charge in [0.25, 0.3) is 0 Å². The summed E-state index contributed by atoms with van der Waals surface area (Å²) in [6, 6.07) is 7.31. The molecular weight excluding hydrogens is 262 g/mol. The zero-order valence-electron chi connectivity index (χ0n) is 13.4. The summed E-state index contributed by atoms with van der Waals surface area (Å²) in [4.78, 5) is 13.5. The van der Waals surface area contributed by atoms with Crippen LogP contribution in [0.1, 0.15) is 56.0 Å². The molecule has 0 aromatic heterocycles. The molecule has 0 spiro atoms. The first-order valence-corrected chi connectivity index (χ1v) is 7.92. The van der Waals surface area contributed by atoms with Crippen LogP contribution in [0.5, 0.6) is 0 Å². The van der Waals surface area contributed by atoms with Crippen molar-refractivity contribution in [2.45, 2.75) is 46.6 Å². The Kier molecular flexibility index (Phi) is 5.04. The Morgan fingerprint density at radius 1 is 1.33 bits per heavy atom. The van der Waals surface area contributed by atoms with Crippen molar-refractivity contribution in [2.24, 2.45) is 11.3 Å². The first kappa shape index (κ1) is 16.0. The van der Waals surface area contributed by atoms with Crippen molar-refractivity contribution in [1.82, 2.24) is 4.90 Å². The minimum atomic E-state index is -0.847. The molecule has 0 amide bonds. The Morgan fingerprint density at radius 3 is 2.57 bits per heavy atom. The van der Waals surface area contributed by atoms with E-state index in [1.54, 1.807) is 12.1 Å². The van der Waals surface area contributed by atoms with Crippen LogP contribution in [0.4, 0.5) is 0 Å². The maximum absolute atomic E-state index is 11.0. The van der Waals surface area contributed by atoms with Gasteiger partial charge in [-0.2, -0.15) is 0 Å². The van der Waals surface area contributed by atoms with Crippen molar-refractivity contribution in [3.05, 3.63) is 35.4 Å². The van der Waals surface area contributed by atoms with E-state index in [0.29, 0.717) is 11.0 Å². The lowest BCUT2D eigenvalue weighted by atomic mass is 9.74. The van der Waals surface area contributed by atoms with Gasteiger partial charge < -0.3 is 5.11 Å². The first-order chi connectivity index (χ1) is 9.88. The quantitative estimate of drug-likeness (QED) is 0.889. The minimum Gasteiger partial charge on any atom is -0.478 e. The number of benzene rings is 1. The fourth-order valence-corrected chi connectivity index (χ4v) is 3.50. The Balaban J connectivity index is 1.91. The van der Waals surface area contributed by atoms with Crippen LogP contribution in [0.25, 0.3) is 0 Å². The summed E-state index contributed by atoms with van der Waals surface area (Å²) in [5.41, 5.74) is 1.96. The molecule has 1 heterocycles. The lowest BCUT2D eigenvalue weighted by Crippen LogP contribution is -2.38. The predicted octanol–water partition coefficient (Wildman–Crippen LogP) is 4.03. The molecular formula is C18H27NO2. The second kappa shape index (κ2) is 6.61. The summed E-state index contributed by atoms with van der Waals surface area (Å²) in [5.74, 6) is -0.0891. The van der Waals surface area contributed by atoms with E-state index in [2.05, 4.69) is 25.7 Å². The predicted molar refractivity (Wildman–Crippen MR) is 85.5 cm³/mol. The Labute approximate surface area is 128 Å². The van der Waals surface area contributed by atoms with E-state index >= 15 is 0 Å². The SMILES string of the molecule is CC(C)CC1(C)CCN(Cc2cccc(C(=O)O)c2)CC1. The Hall–Kier alpha value is -1.35. The average molecular weight is 289 g/mol. The lowest BCUT2D eigenvalue weighted by molar-refractivity contribution is 0.0696. The molecule has 1 aliphatic rings. The van der Waals surface area contributed by atoms with Crippen molar-refractivity contribution in [2.75, 3.05) is 13.1 Å². The molecule has 0 atom stereocenters. The van der Waals surface area contributed by atoms with Crippen molar-refractivity contribution in [3.8, 4) is 0 Å². The smallest absolute Gasteiger partial charge is 0.335 e. The maximum atomic E-state index is 11.0. The minimum absolute atomic E-state index is 0.383.